The highest BCUT2D eigenvalue weighted by Crippen LogP contribution is 2.34. The summed E-state index contributed by atoms with van der Waals surface area (Å²) >= 11 is 6.46. The summed E-state index contributed by atoms with van der Waals surface area (Å²) in [5.74, 6) is 2.75. The molecule has 1 fully saturated rings. The Balaban J connectivity index is 1.35. The number of hydrogen-bond acceptors (Lipinski definition) is 9. The highest BCUT2D eigenvalue weighted by Gasteiger charge is 2.14. The molecular weight excluding hydrogens is 478 g/mol. The van der Waals surface area contributed by atoms with Crippen LogP contribution in [-0.4, -0.2) is 63.4 Å². The van der Waals surface area contributed by atoms with E-state index in [2.05, 4.69) is 35.4 Å². The maximum absolute atomic E-state index is 6.46. The second kappa shape index (κ2) is 10.6. The van der Waals surface area contributed by atoms with Gasteiger partial charge >= 0.3 is 0 Å². The Morgan fingerprint density at radius 2 is 1.83 bits per heavy atom. The smallest absolute Gasteiger partial charge is 0.248 e. The number of nitrogens with one attached hydrogen (secondary N) is 1. The summed E-state index contributed by atoms with van der Waals surface area (Å²) in [6.07, 6.45) is 2.52. The Labute approximate surface area is 214 Å². The number of fused-ring (bicyclic) bond motifs is 1. The van der Waals surface area contributed by atoms with Gasteiger partial charge in [-0.3, -0.25) is 4.90 Å². The number of ether oxygens (including phenoxy) is 2. The van der Waals surface area contributed by atoms with Gasteiger partial charge in [-0.2, -0.15) is 4.98 Å². The van der Waals surface area contributed by atoms with Crippen molar-refractivity contribution in [1.82, 2.24) is 30.0 Å². The maximum atomic E-state index is 6.46. The average Bonchev–Trinajstić information content (AvgIpc) is 3.38. The van der Waals surface area contributed by atoms with E-state index >= 15 is 0 Å². The number of aryl methyl sites for hydroxylation is 2. The maximum Gasteiger partial charge on any atom is 0.248 e. The predicted molar refractivity (Wildman–Crippen MR) is 140 cm³/mol. The van der Waals surface area contributed by atoms with Gasteiger partial charge in [-0.25, -0.2) is 9.97 Å². The molecule has 36 heavy (non-hydrogen) atoms. The summed E-state index contributed by atoms with van der Waals surface area (Å²) in [5.41, 5.74) is 4.13. The van der Waals surface area contributed by atoms with Gasteiger partial charge in [0.25, 0.3) is 0 Å². The third-order valence-corrected chi connectivity index (χ3v) is 6.48. The fourth-order valence-electron chi connectivity index (χ4n) is 4.35. The zero-order valence-electron chi connectivity index (χ0n) is 20.6. The van der Waals surface area contributed by atoms with Crippen molar-refractivity contribution < 1.29 is 9.47 Å². The van der Waals surface area contributed by atoms with E-state index in [-0.39, 0.29) is 0 Å². The van der Waals surface area contributed by atoms with Crippen LogP contribution in [0.2, 0.25) is 5.02 Å². The number of nitrogens with zero attached hydrogens (tertiary/aromatic N) is 6. The topological polar surface area (TPSA) is 98.2 Å². The van der Waals surface area contributed by atoms with Gasteiger partial charge in [0, 0.05) is 23.2 Å². The van der Waals surface area contributed by atoms with Crippen LogP contribution in [0.3, 0.4) is 0 Å². The highest BCUT2D eigenvalue weighted by molar-refractivity contribution is 6.33. The normalized spacial score (nSPS) is 13.8. The van der Waals surface area contributed by atoms with Gasteiger partial charge in [0.05, 0.1) is 12.6 Å². The monoisotopic (exact) mass is 505 g/mol. The number of aromatic nitrogens is 5. The zero-order chi connectivity index (χ0) is 25.1. The van der Waals surface area contributed by atoms with Crippen LogP contribution in [0.15, 0.2) is 36.4 Å². The lowest BCUT2D eigenvalue weighted by Crippen LogP contribution is -2.25. The number of methoxy groups -OCH3 is 1. The number of benzene rings is 2. The van der Waals surface area contributed by atoms with Crippen molar-refractivity contribution in [3.8, 4) is 22.8 Å². The van der Waals surface area contributed by atoms with Crippen molar-refractivity contribution in [2.45, 2.75) is 26.7 Å². The van der Waals surface area contributed by atoms with E-state index in [4.69, 9.17) is 21.1 Å². The van der Waals surface area contributed by atoms with Crippen LogP contribution in [0.5, 0.6) is 11.6 Å². The molecule has 1 N–H and O–H groups in total. The number of anilines is 2. The lowest BCUT2D eigenvalue weighted by atomic mass is 10.0. The van der Waals surface area contributed by atoms with Crippen LogP contribution >= 0.6 is 11.6 Å². The van der Waals surface area contributed by atoms with Crippen LogP contribution in [0.25, 0.3) is 22.2 Å². The first-order valence-electron chi connectivity index (χ1n) is 12.0. The van der Waals surface area contributed by atoms with Gasteiger partial charge in [0.15, 0.2) is 0 Å². The molecule has 3 heterocycles. The van der Waals surface area contributed by atoms with Crippen molar-refractivity contribution in [3.05, 3.63) is 52.8 Å². The Hall–Kier alpha value is -3.56. The molecule has 4 aromatic rings. The van der Waals surface area contributed by atoms with Crippen molar-refractivity contribution >= 4 is 34.4 Å². The molecule has 5 rings (SSSR count). The van der Waals surface area contributed by atoms with E-state index in [1.165, 1.54) is 12.8 Å². The van der Waals surface area contributed by atoms with Gasteiger partial charge in [0.1, 0.15) is 29.5 Å². The minimum absolute atomic E-state index is 0.346. The number of halogens is 1. The molecule has 0 unspecified atom stereocenters. The molecule has 186 valence electrons. The minimum Gasteiger partial charge on any atom is -0.497 e. The molecule has 2 aromatic carbocycles. The Morgan fingerprint density at radius 3 is 2.64 bits per heavy atom. The number of rotatable bonds is 8. The van der Waals surface area contributed by atoms with Crippen molar-refractivity contribution in [2.24, 2.45) is 0 Å². The van der Waals surface area contributed by atoms with Crippen molar-refractivity contribution in [3.63, 3.8) is 0 Å². The summed E-state index contributed by atoms with van der Waals surface area (Å²) in [7, 11) is 1.63. The van der Waals surface area contributed by atoms with E-state index in [9.17, 15) is 0 Å². The minimum atomic E-state index is 0.346. The number of hydrogen-bond donors (Lipinski definition) is 1. The average molecular weight is 506 g/mol. The van der Waals surface area contributed by atoms with Gasteiger partial charge in [-0.1, -0.05) is 11.6 Å². The molecule has 0 bridgehead atoms. The summed E-state index contributed by atoms with van der Waals surface area (Å²) < 4.78 is 11.2. The molecular formula is C26H28ClN7O2. The Morgan fingerprint density at radius 1 is 1.00 bits per heavy atom. The molecule has 0 radical (unpaired) electrons. The molecule has 9 nitrogen and oxygen atoms in total. The predicted octanol–water partition coefficient (Wildman–Crippen LogP) is 4.98. The first-order chi connectivity index (χ1) is 17.5. The van der Waals surface area contributed by atoms with E-state index in [0.29, 0.717) is 40.6 Å². The lowest BCUT2D eigenvalue weighted by molar-refractivity contribution is 0.231. The van der Waals surface area contributed by atoms with Gasteiger partial charge in [-0.15, -0.1) is 10.2 Å². The molecule has 0 amide bonds. The van der Waals surface area contributed by atoms with E-state index in [1.807, 2.05) is 44.2 Å². The summed E-state index contributed by atoms with van der Waals surface area (Å²) in [5, 5.41) is 12.4. The molecule has 0 saturated carbocycles. The van der Waals surface area contributed by atoms with Gasteiger partial charge in [0.2, 0.25) is 11.8 Å². The van der Waals surface area contributed by atoms with Crippen LogP contribution in [0.4, 0.5) is 11.8 Å². The lowest BCUT2D eigenvalue weighted by Gasteiger charge is -2.15. The first kappa shape index (κ1) is 24.1. The summed E-state index contributed by atoms with van der Waals surface area (Å²) in [6, 6.07) is 11.3. The largest absolute Gasteiger partial charge is 0.497 e. The quantitative estimate of drug-likeness (QED) is 0.355. The molecule has 0 spiro atoms. The molecule has 1 saturated heterocycles. The second-order valence-corrected chi connectivity index (χ2v) is 9.21. The summed E-state index contributed by atoms with van der Waals surface area (Å²) in [4.78, 5) is 15.9. The third-order valence-electron chi connectivity index (χ3n) is 6.15. The Bertz CT molecular complexity index is 1390. The second-order valence-electron chi connectivity index (χ2n) is 8.80. The Kier molecular flexibility index (Phi) is 7.11. The highest BCUT2D eigenvalue weighted by atomic mass is 35.5. The SMILES string of the molecule is COc1ccc(Cl)c(-c2cc(C)c3nc(Nc4cc(OCCN5CCCC5)nc(C)n4)nnc3c2)c1. The number of likely N-dealkylation sites (tertiary alicyclic amines) is 1. The molecule has 0 atom stereocenters. The third kappa shape index (κ3) is 5.47. The fourth-order valence-corrected chi connectivity index (χ4v) is 4.58. The van der Waals surface area contributed by atoms with Crippen molar-refractivity contribution in [2.75, 3.05) is 38.7 Å². The molecule has 1 aliphatic heterocycles. The van der Waals surface area contributed by atoms with Gasteiger partial charge < -0.3 is 14.8 Å². The molecule has 1 aliphatic rings. The summed E-state index contributed by atoms with van der Waals surface area (Å²) in [6.45, 7) is 7.57. The van der Waals surface area contributed by atoms with Crippen LogP contribution < -0.4 is 14.8 Å². The standard InChI is InChI=1S/C26H28ClN7O2/c1-16-12-18(20-14-19(35-3)6-7-21(20)27)13-22-25(16)31-26(33-32-22)30-23-15-24(29-17(2)28-23)36-11-10-34-8-4-5-9-34/h6-7,12-15H,4-5,8-11H2,1-3H3,(H,28,29,30,31,33). The molecule has 2 aromatic heterocycles. The molecule has 0 aliphatic carbocycles. The fraction of sp³-hybridized carbons (Fsp3) is 0.346. The molecule has 10 heteroatoms. The van der Waals surface area contributed by atoms with E-state index in [0.717, 1.165) is 47.6 Å². The first-order valence-corrected chi connectivity index (χ1v) is 12.3. The van der Waals surface area contributed by atoms with E-state index < -0.39 is 0 Å². The zero-order valence-corrected chi connectivity index (χ0v) is 21.3. The van der Waals surface area contributed by atoms with E-state index in [1.54, 1.807) is 13.2 Å². The van der Waals surface area contributed by atoms with Crippen LogP contribution in [-0.2, 0) is 0 Å². The van der Waals surface area contributed by atoms with Crippen molar-refractivity contribution in [1.29, 1.82) is 0 Å². The van der Waals surface area contributed by atoms with Crippen LogP contribution in [0, 0.1) is 13.8 Å². The van der Waals surface area contributed by atoms with Gasteiger partial charge in [-0.05, 0) is 81.2 Å². The van der Waals surface area contributed by atoms with Crippen LogP contribution in [0.1, 0.15) is 24.2 Å².